The molecule has 3 nitrogen and oxygen atoms in total. The summed E-state index contributed by atoms with van der Waals surface area (Å²) >= 11 is 5.24. The first-order chi connectivity index (χ1) is 8.69. The minimum absolute atomic E-state index is 0.173. The number of likely N-dealkylation sites (N-methyl/N-ethyl adjacent to an activating group) is 1. The van der Waals surface area contributed by atoms with Crippen molar-refractivity contribution in [2.24, 2.45) is 0 Å². The highest BCUT2D eigenvalue weighted by atomic mass is 79.9. The number of carbonyl (C=O) groups is 1. The molecule has 0 spiro atoms. The molecule has 0 aliphatic rings. The fraction of sp³-hybridized carbons (Fsp3) is 0.462. The maximum Gasteiger partial charge on any atom is 0.323 e. The van der Waals surface area contributed by atoms with Gasteiger partial charge in [-0.2, -0.15) is 0 Å². The van der Waals surface area contributed by atoms with Gasteiger partial charge in [-0.05, 0) is 48.5 Å². The van der Waals surface area contributed by atoms with Gasteiger partial charge < -0.3 is 10.1 Å². The van der Waals surface area contributed by atoms with Crippen LogP contribution in [-0.2, 0) is 9.53 Å². The van der Waals surface area contributed by atoms with Gasteiger partial charge in [0, 0.05) is 15.1 Å². The number of thioether (sulfide) groups is 1. The molecule has 0 aromatic heterocycles. The van der Waals surface area contributed by atoms with Gasteiger partial charge in [0.25, 0.3) is 0 Å². The van der Waals surface area contributed by atoms with Crippen LogP contribution in [0.3, 0.4) is 0 Å². The lowest BCUT2D eigenvalue weighted by atomic mass is 10.2. The smallest absolute Gasteiger partial charge is 0.323 e. The van der Waals surface area contributed by atoms with Crippen molar-refractivity contribution in [3.63, 3.8) is 0 Å². The number of hydrogen-bond donors (Lipinski definition) is 1. The lowest BCUT2D eigenvalue weighted by Crippen LogP contribution is -2.36. The number of halogens is 1. The largest absolute Gasteiger partial charge is 0.465 e. The lowest BCUT2D eigenvalue weighted by Gasteiger charge is -2.14. The molecule has 0 fully saturated rings. The van der Waals surface area contributed by atoms with Crippen molar-refractivity contribution in [3.8, 4) is 0 Å². The molecule has 1 atom stereocenters. The van der Waals surface area contributed by atoms with Crippen LogP contribution in [-0.4, -0.2) is 31.4 Å². The molecule has 1 rings (SSSR count). The van der Waals surface area contributed by atoms with E-state index in [2.05, 4.69) is 27.3 Å². The van der Waals surface area contributed by atoms with Crippen molar-refractivity contribution in [2.45, 2.75) is 24.3 Å². The third kappa shape index (κ3) is 5.00. The molecule has 18 heavy (non-hydrogen) atoms. The van der Waals surface area contributed by atoms with E-state index in [0.29, 0.717) is 6.61 Å². The minimum Gasteiger partial charge on any atom is -0.465 e. The maximum absolute atomic E-state index is 11.6. The van der Waals surface area contributed by atoms with Crippen molar-refractivity contribution in [1.82, 2.24) is 5.32 Å². The monoisotopic (exact) mass is 331 g/mol. The van der Waals surface area contributed by atoms with E-state index in [9.17, 15) is 4.79 Å². The number of esters is 1. The third-order valence-corrected chi connectivity index (χ3v) is 4.48. The first-order valence-corrected chi connectivity index (χ1v) is 7.68. The predicted molar refractivity (Wildman–Crippen MR) is 79.0 cm³/mol. The Bertz CT molecular complexity index is 387. The standard InChI is InChI=1S/C13H18BrNO2S/c1-3-17-13(16)11(15-2)8-9-18-12-7-5-4-6-10(12)14/h4-7,11,15H,3,8-9H2,1-2H3. The van der Waals surface area contributed by atoms with Crippen LogP contribution in [0.2, 0.25) is 0 Å². The fourth-order valence-electron chi connectivity index (χ4n) is 1.47. The summed E-state index contributed by atoms with van der Waals surface area (Å²) < 4.78 is 6.09. The van der Waals surface area contributed by atoms with E-state index in [-0.39, 0.29) is 12.0 Å². The fourth-order valence-corrected chi connectivity index (χ4v) is 3.05. The van der Waals surface area contributed by atoms with Crippen molar-refractivity contribution in [1.29, 1.82) is 0 Å². The molecule has 0 saturated carbocycles. The second kappa shape index (κ2) is 8.56. The van der Waals surface area contributed by atoms with E-state index >= 15 is 0 Å². The van der Waals surface area contributed by atoms with Crippen LogP contribution >= 0.6 is 27.7 Å². The Morgan fingerprint density at radius 2 is 2.22 bits per heavy atom. The van der Waals surface area contributed by atoms with E-state index in [4.69, 9.17) is 4.74 Å². The molecule has 0 aliphatic heterocycles. The SMILES string of the molecule is CCOC(=O)C(CCSc1ccccc1Br)NC. The number of ether oxygens (including phenoxy) is 1. The zero-order valence-corrected chi connectivity index (χ0v) is 13.0. The lowest BCUT2D eigenvalue weighted by molar-refractivity contribution is -0.145. The first-order valence-electron chi connectivity index (χ1n) is 5.90. The Morgan fingerprint density at radius 1 is 1.50 bits per heavy atom. The average Bonchev–Trinajstić information content (AvgIpc) is 2.37. The summed E-state index contributed by atoms with van der Waals surface area (Å²) in [6, 6.07) is 7.85. The van der Waals surface area contributed by atoms with Gasteiger partial charge in [-0.15, -0.1) is 11.8 Å². The van der Waals surface area contributed by atoms with Gasteiger partial charge in [-0.3, -0.25) is 4.79 Å². The number of nitrogens with one attached hydrogen (secondary N) is 1. The molecule has 5 heteroatoms. The molecule has 0 saturated heterocycles. The highest BCUT2D eigenvalue weighted by Gasteiger charge is 2.17. The van der Waals surface area contributed by atoms with E-state index in [1.165, 1.54) is 4.90 Å². The molecule has 1 unspecified atom stereocenters. The van der Waals surface area contributed by atoms with Gasteiger partial charge in [0.2, 0.25) is 0 Å². The Hall–Kier alpha value is -0.520. The summed E-state index contributed by atoms with van der Waals surface area (Å²) in [6.07, 6.45) is 0.751. The summed E-state index contributed by atoms with van der Waals surface area (Å²) in [5.74, 6) is 0.695. The zero-order valence-electron chi connectivity index (χ0n) is 10.6. The zero-order chi connectivity index (χ0) is 13.4. The van der Waals surface area contributed by atoms with Gasteiger partial charge in [0.1, 0.15) is 6.04 Å². The summed E-state index contributed by atoms with van der Waals surface area (Å²) in [4.78, 5) is 12.8. The summed E-state index contributed by atoms with van der Waals surface area (Å²) in [7, 11) is 1.78. The Morgan fingerprint density at radius 3 is 2.83 bits per heavy atom. The molecular weight excluding hydrogens is 314 g/mol. The van der Waals surface area contributed by atoms with Crippen molar-refractivity contribution in [3.05, 3.63) is 28.7 Å². The number of rotatable bonds is 7. The minimum atomic E-state index is -0.222. The van der Waals surface area contributed by atoms with E-state index in [0.717, 1.165) is 16.6 Å². The molecule has 0 aliphatic carbocycles. The second-order valence-corrected chi connectivity index (χ2v) is 5.65. The molecule has 0 radical (unpaired) electrons. The van der Waals surface area contributed by atoms with E-state index in [1.54, 1.807) is 18.8 Å². The Balaban J connectivity index is 2.40. The van der Waals surface area contributed by atoms with Crippen molar-refractivity contribution < 1.29 is 9.53 Å². The molecule has 1 aromatic carbocycles. The van der Waals surface area contributed by atoms with Gasteiger partial charge in [0.05, 0.1) is 6.61 Å². The van der Waals surface area contributed by atoms with Crippen LogP contribution in [0.15, 0.2) is 33.6 Å². The van der Waals surface area contributed by atoms with Gasteiger partial charge in [-0.25, -0.2) is 0 Å². The van der Waals surface area contributed by atoms with Crippen LogP contribution in [0.5, 0.6) is 0 Å². The van der Waals surface area contributed by atoms with Gasteiger partial charge in [0.15, 0.2) is 0 Å². The summed E-state index contributed by atoms with van der Waals surface area (Å²) in [5.41, 5.74) is 0. The van der Waals surface area contributed by atoms with E-state index in [1.807, 2.05) is 25.1 Å². The third-order valence-electron chi connectivity index (χ3n) is 2.42. The maximum atomic E-state index is 11.6. The Kier molecular flexibility index (Phi) is 7.39. The first kappa shape index (κ1) is 15.5. The molecule has 0 amide bonds. The van der Waals surface area contributed by atoms with Crippen LogP contribution in [0.1, 0.15) is 13.3 Å². The molecule has 0 bridgehead atoms. The van der Waals surface area contributed by atoms with E-state index < -0.39 is 0 Å². The quantitative estimate of drug-likeness (QED) is 0.615. The highest BCUT2D eigenvalue weighted by molar-refractivity contribution is 9.10. The van der Waals surface area contributed by atoms with Gasteiger partial charge >= 0.3 is 5.97 Å². The molecule has 100 valence electrons. The van der Waals surface area contributed by atoms with Crippen LogP contribution in [0, 0.1) is 0 Å². The molecular formula is C13H18BrNO2S. The molecule has 1 N–H and O–H groups in total. The number of hydrogen-bond acceptors (Lipinski definition) is 4. The highest BCUT2D eigenvalue weighted by Crippen LogP contribution is 2.27. The predicted octanol–water partition coefficient (Wildman–Crippen LogP) is 3.08. The molecule has 1 aromatic rings. The van der Waals surface area contributed by atoms with Crippen molar-refractivity contribution >= 4 is 33.7 Å². The number of carbonyl (C=O) groups excluding carboxylic acids is 1. The second-order valence-electron chi connectivity index (χ2n) is 3.66. The number of benzene rings is 1. The Labute approximate surface area is 121 Å². The normalized spacial score (nSPS) is 12.2. The van der Waals surface area contributed by atoms with Crippen LogP contribution in [0.25, 0.3) is 0 Å². The van der Waals surface area contributed by atoms with Gasteiger partial charge in [-0.1, -0.05) is 12.1 Å². The molecule has 0 heterocycles. The van der Waals surface area contributed by atoms with Crippen molar-refractivity contribution in [2.75, 3.05) is 19.4 Å². The summed E-state index contributed by atoms with van der Waals surface area (Å²) in [5, 5.41) is 2.99. The average molecular weight is 332 g/mol. The van der Waals surface area contributed by atoms with Crippen LogP contribution in [0.4, 0.5) is 0 Å². The topological polar surface area (TPSA) is 38.3 Å². The summed E-state index contributed by atoms with van der Waals surface area (Å²) in [6.45, 7) is 2.24. The van der Waals surface area contributed by atoms with Crippen LogP contribution < -0.4 is 5.32 Å².